The molecule has 0 radical (unpaired) electrons. The number of H-pyrrole nitrogens is 1. The van der Waals surface area contributed by atoms with Gasteiger partial charge in [-0.15, -0.1) is 6.58 Å². The molecule has 0 aromatic carbocycles. The van der Waals surface area contributed by atoms with Gasteiger partial charge in [0.1, 0.15) is 5.82 Å². The number of nitrogens with one attached hydrogen (secondary N) is 2. The van der Waals surface area contributed by atoms with Crippen LogP contribution in [0, 0.1) is 0 Å². The molecule has 0 spiro atoms. The average molecular weight is 322 g/mol. The third-order valence-electron chi connectivity index (χ3n) is 2.27. The van der Waals surface area contributed by atoms with Crippen molar-refractivity contribution in [3.63, 3.8) is 0 Å². The van der Waals surface area contributed by atoms with Crippen LogP contribution in [0.2, 0.25) is 0 Å². The van der Waals surface area contributed by atoms with E-state index in [9.17, 15) is 4.79 Å². The molecule has 19 heavy (non-hydrogen) atoms. The minimum Gasteiger partial charge on any atom is -0.352 e. The van der Waals surface area contributed by atoms with E-state index in [1.807, 2.05) is 6.07 Å². The van der Waals surface area contributed by atoms with E-state index in [1.165, 1.54) is 0 Å². The van der Waals surface area contributed by atoms with Crippen molar-refractivity contribution in [1.29, 1.82) is 0 Å². The minimum absolute atomic E-state index is 0.130. The van der Waals surface area contributed by atoms with Crippen molar-refractivity contribution in [1.82, 2.24) is 25.5 Å². The number of aromatic nitrogens is 4. The summed E-state index contributed by atoms with van der Waals surface area (Å²) in [6, 6.07) is 1.86. The number of carbonyl (C=O) groups excluding carboxylic acids is 1. The third kappa shape index (κ3) is 3.72. The number of hydrogen-bond acceptors (Lipinski definition) is 4. The van der Waals surface area contributed by atoms with Gasteiger partial charge in [-0.2, -0.15) is 5.10 Å². The third-order valence-corrected chi connectivity index (χ3v) is 2.70. The van der Waals surface area contributed by atoms with Crippen LogP contribution in [0.25, 0.3) is 11.4 Å². The second-order valence-electron chi connectivity index (χ2n) is 3.77. The van der Waals surface area contributed by atoms with E-state index in [0.29, 0.717) is 18.2 Å². The molecule has 7 heteroatoms. The van der Waals surface area contributed by atoms with Crippen LogP contribution in [0.4, 0.5) is 0 Å². The molecular weight excluding hydrogens is 310 g/mol. The fourth-order valence-corrected chi connectivity index (χ4v) is 1.80. The summed E-state index contributed by atoms with van der Waals surface area (Å²) in [4.78, 5) is 19.8. The molecule has 0 aliphatic rings. The number of halogens is 1. The zero-order valence-corrected chi connectivity index (χ0v) is 11.6. The Balaban J connectivity index is 2.07. The molecule has 2 aromatic heterocycles. The van der Waals surface area contributed by atoms with E-state index in [1.54, 1.807) is 18.5 Å². The summed E-state index contributed by atoms with van der Waals surface area (Å²) in [7, 11) is 0. The fraction of sp³-hybridized carbons (Fsp3) is 0.167. The molecule has 2 N–H and O–H groups in total. The molecular formula is C12H12BrN5O. The zero-order valence-electron chi connectivity index (χ0n) is 10.1. The molecule has 0 atom stereocenters. The lowest BCUT2D eigenvalue weighted by Crippen LogP contribution is -2.25. The van der Waals surface area contributed by atoms with Crippen LogP contribution in [0.15, 0.2) is 35.6 Å². The standard InChI is InChI=1S/C12H12BrN5O/c1-2-3-15-11(19)5-10-16-12(18-17-10)8-4-9(13)7-14-6-8/h2,4,6-7H,1,3,5H2,(H,15,19)(H,16,17,18). The quantitative estimate of drug-likeness (QED) is 0.817. The molecule has 0 unspecified atom stereocenters. The van der Waals surface area contributed by atoms with Crippen molar-refractivity contribution in [2.75, 3.05) is 6.54 Å². The van der Waals surface area contributed by atoms with Crippen LogP contribution in [0.1, 0.15) is 5.82 Å². The maximum absolute atomic E-state index is 11.5. The number of nitrogens with zero attached hydrogens (tertiary/aromatic N) is 3. The van der Waals surface area contributed by atoms with Gasteiger partial charge in [-0.05, 0) is 22.0 Å². The predicted molar refractivity (Wildman–Crippen MR) is 74.2 cm³/mol. The summed E-state index contributed by atoms with van der Waals surface area (Å²) in [5.74, 6) is 0.895. The molecule has 0 saturated heterocycles. The largest absolute Gasteiger partial charge is 0.352 e. The molecule has 0 aliphatic carbocycles. The van der Waals surface area contributed by atoms with Gasteiger partial charge in [0.25, 0.3) is 0 Å². The first-order chi connectivity index (χ1) is 9.19. The Hall–Kier alpha value is -2.02. The topological polar surface area (TPSA) is 83.6 Å². The predicted octanol–water partition coefficient (Wildman–Crippen LogP) is 1.47. The fourth-order valence-electron chi connectivity index (χ4n) is 1.44. The number of pyridine rings is 1. The first kappa shape index (κ1) is 13.4. The van der Waals surface area contributed by atoms with Crippen LogP contribution in [-0.2, 0) is 11.2 Å². The van der Waals surface area contributed by atoms with Crippen molar-refractivity contribution in [2.24, 2.45) is 0 Å². The van der Waals surface area contributed by atoms with Gasteiger partial charge >= 0.3 is 0 Å². The van der Waals surface area contributed by atoms with E-state index in [-0.39, 0.29) is 12.3 Å². The lowest BCUT2D eigenvalue weighted by atomic mass is 10.3. The van der Waals surface area contributed by atoms with Crippen LogP contribution >= 0.6 is 15.9 Å². The molecule has 2 heterocycles. The van der Waals surface area contributed by atoms with Crippen molar-refractivity contribution >= 4 is 21.8 Å². The highest BCUT2D eigenvalue weighted by molar-refractivity contribution is 9.10. The minimum atomic E-state index is -0.130. The van der Waals surface area contributed by atoms with Crippen LogP contribution in [0.3, 0.4) is 0 Å². The van der Waals surface area contributed by atoms with Gasteiger partial charge in [0.2, 0.25) is 5.91 Å². The normalized spacial score (nSPS) is 10.2. The van der Waals surface area contributed by atoms with Crippen LogP contribution in [-0.4, -0.2) is 32.6 Å². The molecule has 98 valence electrons. The maximum Gasteiger partial charge on any atom is 0.227 e. The lowest BCUT2D eigenvalue weighted by molar-refractivity contribution is -0.120. The van der Waals surface area contributed by atoms with Crippen molar-refractivity contribution < 1.29 is 4.79 Å². The molecule has 2 rings (SSSR count). The van der Waals surface area contributed by atoms with E-state index >= 15 is 0 Å². The summed E-state index contributed by atoms with van der Waals surface area (Å²) in [6.45, 7) is 3.97. The van der Waals surface area contributed by atoms with Gasteiger partial charge in [-0.25, -0.2) is 4.98 Å². The lowest BCUT2D eigenvalue weighted by Gasteiger charge is -1.98. The number of rotatable bonds is 5. The number of aromatic amines is 1. The first-order valence-electron chi connectivity index (χ1n) is 5.59. The Morgan fingerprint density at radius 1 is 1.53 bits per heavy atom. The Kier molecular flexibility index (Phi) is 4.40. The second-order valence-corrected chi connectivity index (χ2v) is 4.68. The summed E-state index contributed by atoms with van der Waals surface area (Å²) < 4.78 is 0.847. The molecule has 6 nitrogen and oxygen atoms in total. The van der Waals surface area contributed by atoms with Crippen molar-refractivity contribution in [2.45, 2.75) is 6.42 Å². The molecule has 0 aliphatic heterocycles. The van der Waals surface area contributed by atoms with E-state index in [0.717, 1.165) is 10.0 Å². The van der Waals surface area contributed by atoms with Gasteiger partial charge in [0.05, 0.1) is 6.42 Å². The van der Waals surface area contributed by atoms with Gasteiger partial charge in [0.15, 0.2) is 5.82 Å². The van der Waals surface area contributed by atoms with Gasteiger partial charge in [0, 0.05) is 29.0 Å². The number of carbonyl (C=O) groups is 1. The highest BCUT2D eigenvalue weighted by Crippen LogP contribution is 2.17. The van der Waals surface area contributed by atoms with Crippen molar-refractivity contribution in [3.8, 4) is 11.4 Å². The number of amides is 1. The van der Waals surface area contributed by atoms with Gasteiger partial charge in [-0.1, -0.05) is 6.08 Å². The maximum atomic E-state index is 11.5. The Morgan fingerprint density at radius 2 is 2.37 bits per heavy atom. The number of hydrogen-bond donors (Lipinski definition) is 2. The van der Waals surface area contributed by atoms with E-state index in [4.69, 9.17) is 0 Å². The highest BCUT2D eigenvalue weighted by Gasteiger charge is 2.09. The highest BCUT2D eigenvalue weighted by atomic mass is 79.9. The SMILES string of the molecule is C=CCNC(=O)Cc1nc(-c2cncc(Br)c2)n[nH]1. The molecule has 0 fully saturated rings. The van der Waals surface area contributed by atoms with Crippen LogP contribution < -0.4 is 5.32 Å². The summed E-state index contributed by atoms with van der Waals surface area (Å²) in [5.41, 5.74) is 0.781. The summed E-state index contributed by atoms with van der Waals surface area (Å²) in [5, 5.41) is 9.48. The Bertz CT molecular complexity index is 595. The molecule has 0 bridgehead atoms. The molecule has 2 aromatic rings. The van der Waals surface area contributed by atoms with E-state index < -0.39 is 0 Å². The van der Waals surface area contributed by atoms with E-state index in [2.05, 4.69) is 48.0 Å². The summed E-state index contributed by atoms with van der Waals surface area (Å²) in [6.07, 6.45) is 5.12. The Labute approximate surface area is 118 Å². The Morgan fingerprint density at radius 3 is 3.11 bits per heavy atom. The first-order valence-corrected chi connectivity index (χ1v) is 6.38. The van der Waals surface area contributed by atoms with Crippen molar-refractivity contribution in [3.05, 3.63) is 41.4 Å². The smallest absolute Gasteiger partial charge is 0.227 e. The average Bonchev–Trinajstić information content (AvgIpc) is 2.85. The van der Waals surface area contributed by atoms with Gasteiger partial charge < -0.3 is 5.32 Å². The molecule has 0 saturated carbocycles. The van der Waals surface area contributed by atoms with Crippen LogP contribution in [0.5, 0.6) is 0 Å². The second kappa shape index (κ2) is 6.24. The monoisotopic (exact) mass is 321 g/mol. The zero-order chi connectivity index (χ0) is 13.7. The van der Waals surface area contributed by atoms with Gasteiger partial charge in [-0.3, -0.25) is 14.9 Å². The molecule has 1 amide bonds. The summed E-state index contributed by atoms with van der Waals surface area (Å²) >= 11 is 3.33.